The summed E-state index contributed by atoms with van der Waals surface area (Å²) in [5, 5.41) is 21.4. The molecule has 0 saturated heterocycles. The van der Waals surface area contributed by atoms with Crippen LogP contribution in [0.2, 0.25) is 0 Å². The fourth-order valence-electron chi connectivity index (χ4n) is 3.46. The quantitative estimate of drug-likeness (QED) is 0.202. The summed E-state index contributed by atoms with van der Waals surface area (Å²) >= 11 is 1.41. The van der Waals surface area contributed by atoms with Crippen LogP contribution < -0.4 is 4.74 Å². The second kappa shape index (κ2) is 9.22. The van der Waals surface area contributed by atoms with E-state index in [9.17, 15) is 15.2 Å². The Kier molecular flexibility index (Phi) is 6.19. The Morgan fingerprint density at radius 2 is 1.85 bits per heavy atom. The first kappa shape index (κ1) is 22.2. The molecule has 0 amide bonds. The first-order valence-electron chi connectivity index (χ1n) is 10.1. The van der Waals surface area contributed by atoms with Crippen LogP contribution in [0.5, 0.6) is 11.5 Å². The van der Waals surface area contributed by atoms with E-state index in [4.69, 9.17) is 9.72 Å². The molecular weight excluding hydrogens is 438 g/mol. The van der Waals surface area contributed by atoms with Crippen molar-refractivity contribution in [3.05, 3.63) is 87.5 Å². The number of benzene rings is 3. The van der Waals surface area contributed by atoms with Gasteiger partial charge in [0.25, 0.3) is 5.69 Å². The third-order valence-corrected chi connectivity index (χ3v) is 6.13. The van der Waals surface area contributed by atoms with Gasteiger partial charge in [-0.15, -0.1) is 0 Å². The number of rotatable bonds is 6. The van der Waals surface area contributed by atoms with Gasteiger partial charge in [0.1, 0.15) is 0 Å². The van der Waals surface area contributed by atoms with Gasteiger partial charge in [0.2, 0.25) is 5.13 Å². The van der Waals surface area contributed by atoms with Crippen LogP contribution in [0.15, 0.2) is 65.7 Å². The van der Waals surface area contributed by atoms with E-state index in [1.54, 1.807) is 36.5 Å². The molecular formula is C25H21N3O4S. The van der Waals surface area contributed by atoms with Gasteiger partial charge in [0.15, 0.2) is 11.5 Å². The van der Waals surface area contributed by atoms with E-state index in [1.165, 1.54) is 30.6 Å². The molecule has 0 radical (unpaired) electrons. The molecule has 0 atom stereocenters. The smallest absolute Gasteiger partial charge is 0.269 e. The summed E-state index contributed by atoms with van der Waals surface area (Å²) in [5.41, 5.74) is 5.63. The van der Waals surface area contributed by atoms with Crippen molar-refractivity contribution in [2.24, 2.45) is 4.99 Å². The summed E-state index contributed by atoms with van der Waals surface area (Å²) in [6.07, 6.45) is 1.66. The van der Waals surface area contributed by atoms with E-state index in [0.29, 0.717) is 10.9 Å². The maximum atomic E-state index is 11.1. The fraction of sp³-hybridized carbons (Fsp3) is 0.120. The van der Waals surface area contributed by atoms with Crippen LogP contribution in [0.25, 0.3) is 21.7 Å². The summed E-state index contributed by atoms with van der Waals surface area (Å²) < 4.78 is 5.15. The molecule has 166 valence electrons. The number of non-ortho nitro benzene ring substituents is 1. The zero-order valence-electron chi connectivity index (χ0n) is 18.3. The lowest BCUT2D eigenvalue weighted by Gasteiger charge is -2.07. The number of nitro benzene ring substituents is 1. The third kappa shape index (κ3) is 4.75. The second-order valence-electron chi connectivity index (χ2n) is 7.49. The Hall–Kier alpha value is -4.04. The molecule has 0 aliphatic heterocycles. The number of thiazole rings is 1. The lowest BCUT2D eigenvalue weighted by atomic mass is 10.0. The lowest BCUT2D eigenvalue weighted by molar-refractivity contribution is -0.384. The minimum Gasteiger partial charge on any atom is -0.504 e. The van der Waals surface area contributed by atoms with Crippen LogP contribution in [0.3, 0.4) is 0 Å². The molecule has 7 nitrogen and oxygen atoms in total. The number of phenolic OH excluding ortho intramolecular Hbond substituents is 1. The number of hydrogen-bond donors (Lipinski definition) is 1. The van der Waals surface area contributed by atoms with Crippen molar-refractivity contribution in [2.75, 3.05) is 7.11 Å². The summed E-state index contributed by atoms with van der Waals surface area (Å²) in [4.78, 5) is 20.9. The molecule has 4 aromatic rings. The van der Waals surface area contributed by atoms with Crippen molar-refractivity contribution in [3.63, 3.8) is 0 Å². The highest BCUT2D eigenvalue weighted by molar-refractivity contribution is 7.19. The van der Waals surface area contributed by atoms with E-state index >= 15 is 0 Å². The molecule has 0 saturated carbocycles. The number of nitrogens with zero attached hydrogens (tertiary/aromatic N) is 3. The van der Waals surface area contributed by atoms with Gasteiger partial charge in [0.05, 0.1) is 22.6 Å². The van der Waals surface area contributed by atoms with Crippen LogP contribution in [0, 0.1) is 24.0 Å². The normalized spacial score (nSPS) is 11.1. The molecule has 0 aliphatic carbocycles. The van der Waals surface area contributed by atoms with E-state index in [0.717, 1.165) is 38.4 Å². The van der Waals surface area contributed by atoms with E-state index in [1.807, 2.05) is 26.0 Å². The van der Waals surface area contributed by atoms with Crippen LogP contribution in [0.4, 0.5) is 10.8 Å². The topological polar surface area (TPSA) is 97.9 Å². The Balaban J connectivity index is 1.78. The first-order chi connectivity index (χ1) is 15.9. The van der Waals surface area contributed by atoms with Crippen LogP contribution >= 0.6 is 11.3 Å². The predicted molar refractivity (Wildman–Crippen MR) is 131 cm³/mol. The number of hydrogen-bond acceptors (Lipinski definition) is 7. The number of aromatic hydroxyl groups is 1. The van der Waals surface area contributed by atoms with Crippen LogP contribution in [0.1, 0.15) is 16.7 Å². The molecule has 3 aromatic carbocycles. The number of phenols is 1. The highest BCUT2D eigenvalue weighted by Gasteiger charge is 2.17. The molecule has 8 heteroatoms. The summed E-state index contributed by atoms with van der Waals surface area (Å²) in [5.74, 6) is 0.419. The molecule has 0 unspecified atom stereocenters. The SMILES string of the molecule is COc1cc(C=Nc2nc(-c3ccc(C)cc3C)c(-c3ccc([N+](=O)[O-])cc3)s2)ccc1O. The molecule has 1 aromatic heterocycles. The Morgan fingerprint density at radius 3 is 2.52 bits per heavy atom. The number of ether oxygens (including phenoxy) is 1. The van der Waals surface area contributed by atoms with E-state index < -0.39 is 4.92 Å². The van der Waals surface area contributed by atoms with E-state index in [-0.39, 0.29) is 11.4 Å². The van der Waals surface area contributed by atoms with Gasteiger partial charge in [-0.2, -0.15) is 0 Å². The van der Waals surface area contributed by atoms with Crippen molar-refractivity contribution in [1.29, 1.82) is 0 Å². The van der Waals surface area contributed by atoms with Gasteiger partial charge in [-0.1, -0.05) is 35.1 Å². The summed E-state index contributed by atoms with van der Waals surface area (Å²) in [7, 11) is 1.49. The minimum atomic E-state index is -0.414. The van der Waals surface area contributed by atoms with Crippen molar-refractivity contribution >= 4 is 28.4 Å². The minimum absolute atomic E-state index is 0.0378. The summed E-state index contributed by atoms with van der Waals surface area (Å²) in [6, 6.07) is 17.6. The molecule has 0 fully saturated rings. The van der Waals surface area contributed by atoms with Crippen molar-refractivity contribution < 1.29 is 14.8 Å². The summed E-state index contributed by atoms with van der Waals surface area (Å²) in [6.45, 7) is 4.07. The zero-order chi connectivity index (χ0) is 23.5. The van der Waals surface area contributed by atoms with Crippen LogP contribution in [-0.2, 0) is 0 Å². The van der Waals surface area contributed by atoms with Crippen molar-refractivity contribution in [1.82, 2.24) is 4.98 Å². The van der Waals surface area contributed by atoms with Crippen molar-refractivity contribution in [2.45, 2.75) is 13.8 Å². The van der Waals surface area contributed by atoms with Gasteiger partial charge in [-0.3, -0.25) is 10.1 Å². The highest BCUT2D eigenvalue weighted by Crippen LogP contribution is 2.41. The number of aryl methyl sites for hydroxylation is 2. The molecule has 1 N–H and O–H groups in total. The highest BCUT2D eigenvalue weighted by atomic mass is 32.1. The Bertz CT molecular complexity index is 1360. The average molecular weight is 460 g/mol. The molecule has 4 rings (SSSR count). The molecule has 33 heavy (non-hydrogen) atoms. The third-order valence-electron chi connectivity index (χ3n) is 5.12. The largest absolute Gasteiger partial charge is 0.504 e. The zero-order valence-corrected chi connectivity index (χ0v) is 19.1. The Morgan fingerprint density at radius 1 is 1.09 bits per heavy atom. The van der Waals surface area contributed by atoms with Gasteiger partial charge < -0.3 is 9.84 Å². The van der Waals surface area contributed by atoms with Crippen molar-refractivity contribution in [3.8, 4) is 33.2 Å². The number of aliphatic imine (C=N–C) groups is 1. The maximum Gasteiger partial charge on any atom is 0.269 e. The molecule has 0 bridgehead atoms. The number of methoxy groups -OCH3 is 1. The number of nitro groups is 1. The first-order valence-corrected chi connectivity index (χ1v) is 10.9. The molecule has 0 aliphatic rings. The van der Waals surface area contributed by atoms with Gasteiger partial charge in [0, 0.05) is 23.9 Å². The molecule has 0 spiro atoms. The fourth-order valence-corrected chi connectivity index (χ4v) is 4.39. The number of aromatic nitrogens is 1. The van der Waals surface area contributed by atoms with Gasteiger partial charge in [-0.25, -0.2) is 9.98 Å². The van der Waals surface area contributed by atoms with E-state index in [2.05, 4.69) is 11.1 Å². The van der Waals surface area contributed by atoms with Gasteiger partial charge >= 0.3 is 0 Å². The van der Waals surface area contributed by atoms with Crippen LogP contribution in [-0.4, -0.2) is 28.3 Å². The Labute approximate surface area is 194 Å². The standard InChI is InChI=1S/C25H21N3O4S/c1-15-4-10-20(16(2)12-15)23-24(18-6-8-19(9-7-18)28(30)31)33-25(27-23)26-14-17-5-11-21(29)22(13-17)32-3/h4-14,29H,1-3H3. The van der Waals surface area contributed by atoms with Gasteiger partial charge in [-0.05, 0) is 60.9 Å². The average Bonchev–Trinajstić information content (AvgIpc) is 3.22. The predicted octanol–water partition coefficient (Wildman–Crippen LogP) is 6.47. The monoisotopic (exact) mass is 459 g/mol. The second-order valence-corrected chi connectivity index (χ2v) is 8.46. The molecule has 1 heterocycles. The lowest BCUT2D eigenvalue weighted by Crippen LogP contribution is -1.89. The maximum absolute atomic E-state index is 11.1.